The Labute approximate surface area is 153 Å². The predicted molar refractivity (Wildman–Crippen MR) is 93.6 cm³/mol. The van der Waals surface area contributed by atoms with E-state index in [1.807, 2.05) is 25.1 Å². The van der Waals surface area contributed by atoms with Crippen LogP contribution in [-0.4, -0.2) is 55.7 Å². The topological polar surface area (TPSA) is 82.1 Å². The molecule has 1 heterocycles. The van der Waals surface area contributed by atoms with Gasteiger partial charge in [-0.1, -0.05) is 12.1 Å². The average molecular weight is 363 g/mol. The van der Waals surface area contributed by atoms with Crippen LogP contribution in [0.15, 0.2) is 24.3 Å². The van der Waals surface area contributed by atoms with Crippen LogP contribution in [-0.2, 0) is 23.9 Å². The molecule has 1 fully saturated rings. The minimum atomic E-state index is -0.596. The molecule has 1 saturated heterocycles. The molecule has 1 aromatic carbocycles. The number of likely N-dealkylation sites (tertiary alicyclic amines) is 1. The molecule has 0 atom stereocenters. The van der Waals surface area contributed by atoms with Crippen molar-refractivity contribution >= 4 is 17.8 Å². The minimum absolute atomic E-state index is 0.163. The van der Waals surface area contributed by atoms with Gasteiger partial charge in [0, 0.05) is 13.1 Å². The fraction of sp³-hybridized carbons (Fsp3) is 0.526. The summed E-state index contributed by atoms with van der Waals surface area (Å²) in [7, 11) is 0. The second kappa shape index (κ2) is 9.79. The molecule has 0 spiro atoms. The molecule has 1 aromatic rings. The first kappa shape index (κ1) is 19.8. The molecule has 0 unspecified atom stereocenters. The first-order chi connectivity index (χ1) is 12.5. The summed E-state index contributed by atoms with van der Waals surface area (Å²) in [6.45, 7) is 4.40. The number of nitrogens with zero attached hydrogens (tertiary/aromatic N) is 1. The van der Waals surface area contributed by atoms with E-state index in [2.05, 4.69) is 0 Å². The minimum Gasteiger partial charge on any atom is -0.482 e. The maximum absolute atomic E-state index is 12.1. The zero-order valence-corrected chi connectivity index (χ0v) is 15.2. The number of esters is 2. The Morgan fingerprint density at radius 2 is 1.85 bits per heavy atom. The van der Waals surface area contributed by atoms with E-state index >= 15 is 0 Å². The molecule has 1 amide bonds. The summed E-state index contributed by atoms with van der Waals surface area (Å²) in [6, 6.07) is 7.32. The summed E-state index contributed by atoms with van der Waals surface area (Å²) in [5, 5.41) is 0. The van der Waals surface area contributed by atoms with Gasteiger partial charge < -0.3 is 19.1 Å². The van der Waals surface area contributed by atoms with Crippen LogP contribution in [0.4, 0.5) is 0 Å². The van der Waals surface area contributed by atoms with Crippen LogP contribution in [0.25, 0.3) is 0 Å². The Hall–Kier alpha value is -2.57. The van der Waals surface area contributed by atoms with Crippen LogP contribution in [0.3, 0.4) is 0 Å². The smallest absolute Gasteiger partial charge is 0.344 e. The van der Waals surface area contributed by atoms with Crippen molar-refractivity contribution in [3.8, 4) is 5.75 Å². The first-order valence-corrected chi connectivity index (χ1v) is 8.79. The van der Waals surface area contributed by atoms with Gasteiger partial charge in [0.1, 0.15) is 5.75 Å². The van der Waals surface area contributed by atoms with Gasteiger partial charge in [-0.25, -0.2) is 4.79 Å². The maximum atomic E-state index is 12.1. The van der Waals surface area contributed by atoms with Gasteiger partial charge >= 0.3 is 11.9 Å². The Morgan fingerprint density at radius 1 is 1.12 bits per heavy atom. The molecule has 0 bridgehead atoms. The average Bonchev–Trinajstić information content (AvgIpc) is 2.65. The number of carbonyl (C=O) groups is 3. The zero-order valence-electron chi connectivity index (χ0n) is 15.2. The van der Waals surface area contributed by atoms with E-state index in [9.17, 15) is 14.4 Å². The molecule has 7 nitrogen and oxygen atoms in total. The lowest BCUT2D eigenvalue weighted by molar-refractivity contribution is -0.155. The summed E-state index contributed by atoms with van der Waals surface area (Å²) in [4.78, 5) is 37.1. The highest BCUT2D eigenvalue weighted by Crippen LogP contribution is 2.18. The first-order valence-electron chi connectivity index (χ1n) is 8.79. The largest absolute Gasteiger partial charge is 0.482 e. The highest BCUT2D eigenvalue weighted by Gasteiger charge is 2.28. The number of hydrogen-bond donors (Lipinski definition) is 0. The summed E-state index contributed by atoms with van der Waals surface area (Å²) in [5.74, 6) is -0.657. The number of rotatable bonds is 7. The molecule has 26 heavy (non-hydrogen) atoms. The van der Waals surface area contributed by atoms with E-state index in [0.29, 0.717) is 38.3 Å². The molecule has 1 aliphatic heterocycles. The molecule has 2 rings (SSSR count). The van der Waals surface area contributed by atoms with E-state index in [1.54, 1.807) is 17.9 Å². The highest BCUT2D eigenvalue weighted by molar-refractivity contribution is 5.81. The second-order valence-electron chi connectivity index (χ2n) is 6.17. The van der Waals surface area contributed by atoms with Crippen LogP contribution in [0.5, 0.6) is 5.75 Å². The monoisotopic (exact) mass is 363 g/mol. The third kappa shape index (κ3) is 6.06. The number of aryl methyl sites for hydroxylation is 1. The molecule has 0 aromatic heterocycles. The molecule has 0 radical (unpaired) electrons. The summed E-state index contributed by atoms with van der Waals surface area (Å²) < 4.78 is 15.3. The van der Waals surface area contributed by atoms with Gasteiger partial charge in [-0.05, 0) is 44.4 Å². The molecule has 1 aliphatic rings. The van der Waals surface area contributed by atoms with Crippen molar-refractivity contribution < 1.29 is 28.6 Å². The number of benzene rings is 1. The normalized spacial score (nSPS) is 14.6. The number of piperidine rings is 1. The molecule has 0 N–H and O–H groups in total. The third-order valence-corrected chi connectivity index (χ3v) is 4.17. The van der Waals surface area contributed by atoms with Crippen molar-refractivity contribution in [2.24, 2.45) is 5.92 Å². The van der Waals surface area contributed by atoms with Crippen LogP contribution in [0.2, 0.25) is 0 Å². The number of carbonyl (C=O) groups excluding carboxylic acids is 3. The Balaban J connectivity index is 1.67. The zero-order chi connectivity index (χ0) is 18.9. The maximum Gasteiger partial charge on any atom is 0.344 e. The fourth-order valence-corrected chi connectivity index (χ4v) is 2.75. The van der Waals surface area contributed by atoms with Crippen molar-refractivity contribution in [1.29, 1.82) is 0 Å². The lowest BCUT2D eigenvalue weighted by Crippen LogP contribution is -2.42. The van der Waals surface area contributed by atoms with E-state index in [4.69, 9.17) is 14.2 Å². The van der Waals surface area contributed by atoms with Gasteiger partial charge in [-0.15, -0.1) is 0 Å². The van der Waals surface area contributed by atoms with Gasteiger partial charge in [-0.3, -0.25) is 9.59 Å². The van der Waals surface area contributed by atoms with Crippen molar-refractivity contribution in [1.82, 2.24) is 4.90 Å². The molecule has 0 saturated carbocycles. The number of hydrogen-bond acceptors (Lipinski definition) is 6. The molecule has 0 aliphatic carbocycles. The van der Waals surface area contributed by atoms with Gasteiger partial charge in [0.2, 0.25) is 0 Å². The summed E-state index contributed by atoms with van der Waals surface area (Å²) in [6.07, 6.45) is 1.13. The molecular weight excluding hydrogens is 338 g/mol. The highest BCUT2D eigenvalue weighted by atomic mass is 16.6. The molecular formula is C19H25NO6. The van der Waals surface area contributed by atoms with E-state index in [0.717, 1.165) is 5.56 Å². The molecule has 142 valence electrons. The van der Waals surface area contributed by atoms with Gasteiger partial charge in [0.05, 0.1) is 12.5 Å². The van der Waals surface area contributed by atoms with Crippen LogP contribution in [0, 0.1) is 12.8 Å². The second-order valence-corrected chi connectivity index (χ2v) is 6.17. The predicted octanol–water partition coefficient (Wildman–Crippen LogP) is 1.72. The number of amides is 1. The van der Waals surface area contributed by atoms with E-state index < -0.39 is 5.97 Å². The quantitative estimate of drug-likeness (QED) is 0.686. The standard InChI is InChI=1S/C19H25NO6/c1-3-24-19(23)15-7-9-20(10-8-15)17(21)12-26-18(22)13-25-16-6-4-5-14(2)11-16/h4-6,11,15H,3,7-10,12-13H2,1-2H3. The fourth-order valence-electron chi connectivity index (χ4n) is 2.75. The van der Waals surface area contributed by atoms with Gasteiger partial charge in [-0.2, -0.15) is 0 Å². The van der Waals surface area contributed by atoms with E-state index in [-0.39, 0.29) is 31.0 Å². The van der Waals surface area contributed by atoms with Crippen molar-refractivity contribution in [2.45, 2.75) is 26.7 Å². The van der Waals surface area contributed by atoms with Crippen molar-refractivity contribution in [3.63, 3.8) is 0 Å². The lowest BCUT2D eigenvalue weighted by Gasteiger charge is -2.30. The summed E-state index contributed by atoms with van der Waals surface area (Å²) >= 11 is 0. The van der Waals surface area contributed by atoms with Crippen LogP contribution >= 0.6 is 0 Å². The van der Waals surface area contributed by atoms with Crippen molar-refractivity contribution in [3.05, 3.63) is 29.8 Å². The van der Waals surface area contributed by atoms with Gasteiger partial charge in [0.25, 0.3) is 5.91 Å². The Morgan fingerprint density at radius 3 is 2.50 bits per heavy atom. The SMILES string of the molecule is CCOC(=O)C1CCN(C(=O)COC(=O)COc2cccc(C)c2)CC1. The Bertz CT molecular complexity index is 637. The summed E-state index contributed by atoms with van der Waals surface area (Å²) in [5.41, 5.74) is 1.03. The molecule has 7 heteroatoms. The van der Waals surface area contributed by atoms with Crippen molar-refractivity contribution in [2.75, 3.05) is 32.9 Å². The van der Waals surface area contributed by atoms with Crippen LogP contribution in [0.1, 0.15) is 25.3 Å². The number of ether oxygens (including phenoxy) is 3. The Kier molecular flexibility index (Phi) is 7.44. The van der Waals surface area contributed by atoms with Gasteiger partial charge in [0.15, 0.2) is 13.2 Å². The third-order valence-electron chi connectivity index (χ3n) is 4.17. The van der Waals surface area contributed by atoms with E-state index in [1.165, 1.54) is 0 Å². The lowest BCUT2D eigenvalue weighted by atomic mass is 9.97. The van der Waals surface area contributed by atoms with Crippen LogP contribution < -0.4 is 4.74 Å².